The van der Waals surface area contributed by atoms with E-state index in [1.165, 1.54) is 17.6 Å². The first-order chi connectivity index (χ1) is 13.6. The highest BCUT2D eigenvalue weighted by Crippen LogP contribution is 2.16. The molecule has 1 heterocycles. The van der Waals surface area contributed by atoms with Crippen LogP contribution >= 0.6 is 22.9 Å². The average Bonchev–Trinajstić information content (AvgIpc) is 3.24. The van der Waals surface area contributed by atoms with Crippen LogP contribution in [0.15, 0.2) is 71.1 Å². The molecule has 3 aromatic rings. The Balaban J connectivity index is 1.44. The SMILES string of the molecule is O=C(COc1ccc(Cl)cc1)N/N=C/c1ccc(OC(=O)c2cccs2)cc1. The molecule has 1 aromatic heterocycles. The Hall–Kier alpha value is -3.16. The summed E-state index contributed by atoms with van der Waals surface area (Å²) < 4.78 is 10.6. The zero-order valence-corrected chi connectivity index (χ0v) is 16.1. The lowest BCUT2D eigenvalue weighted by Gasteiger charge is -2.05. The van der Waals surface area contributed by atoms with Crippen LogP contribution in [0.3, 0.4) is 0 Å². The topological polar surface area (TPSA) is 77.0 Å². The van der Waals surface area contributed by atoms with Crippen molar-refractivity contribution in [2.75, 3.05) is 6.61 Å². The van der Waals surface area contributed by atoms with Gasteiger partial charge in [0.25, 0.3) is 5.91 Å². The lowest BCUT2D eigenvalue weighted by molar-refractivity contribution is -0.123. The molecule has 0 aliphatic carbocycles. The minimum atomic E-state index is -0.399. The fraction of sp³-hybridized carbons (Fsp3) is 0.0500. The van der Waals surface area contributed by atoms with Gasteiger partial charge in [-0.1, -0.05) is 17.7 Å². The van der Waals surface area contributed by atoms with Crippen molar-refractivity contribution < 1.29 is 19.1 Å². The van der Waals surface area contributed by atoms with Crippen LogP contribution in [0.1, 0.15) is 15.2 Å². The third-order valence-electron chi connectivity index (χ3n) is 3.40. The van der Waals surface area contributed by atoms with Crippen molar-refractivity contribution in [2.45, 2.75) is 0 Å². The van der Waals surface area contributed by atoms with Crippen LogP contribution in [-0.2, 0) is 4.79 Å². The second-order valence-electron chi connectivity index (χ2n) is 5.47. The quantitative estimate of drug-likeness (QED) is 0.273. The van der Waals surface area contributed by atoms with Crippen LogP contribution in [-0.4, -0.2) is 24.7 Å². The minimum absolute atomic E-state index is 0.170. The van der Waals surface area contributed by atoms with Gasteiger partial charge in [0.1, 0.15) is 16.4 Å². The second-order valence-corrected chi connectivity index (χ2v) is 6.86. The van der Waals surface area contributed by atoms with E-state index in [0.717, 1.165) is 5.56 Å². The number of hydrazone groups is 1. The third kappa shape index (κ3) is 5.94. The van der Waals surface area contributed by atoms with Gasteiger partial charge >= 0.3 is 5.97 Å². The summed E-state index contributed by atoms with van der Waals surface area (Å²) in [4.78, 5) is 24.1. The van der Waals surface area contributed by atoms with Crippen LogP contribution in [0, 0.1) is 0 Å². The highest BCUT2D eigenvalue weighted by molar-refractivity contribution is 7.12. The van der Waals surface area contributed by atoms with Crippen molar-refractivity contribution in [3.8, 4) is 11.5 Å². The van der Waals surface area contributed by atoms with Crippen LogP contribution in [0.5, 0.6) is 11.5 Å². The molecule has 0 fully saturated rings. The Labute approximate surface area is 170 Å². The summed E-state index contributed by atoms with van der Waals surface area (Å²) in [7, 11) is 0. The first-order valence-electron chi connectivity index (χ1n) is 8.16. The van der Waals surface area contributed by atoms with Gasteiger partial charge in [-0.3, -0.25) is 4.79 Å². The van der Waals surface area contributed by atoms with E-state index in [2.05, 4.69) is 10.5 Å². The number of hydrogen-bond acceptors (Lipinski definition) is 6. The summed E-state index contributed by atoms with van der Waals surface area (Å²) >= 11 is 7.10. The molecule has 2 aromatic carbocycles. The standard InChI is InChI=1S/C20H15ClN2O4S/c21-15-5-9-16(10-6-15)26-13-19(24)23-22-12-14-3-7-17(8-4-14)27-20(25)18-2-1-11-28-18/h1-12H,13H2,(H,23,24)/b22-12+. The fourth-order valence-electron chi connectivity index (χ4n) is 2.06. The first-order valence-corrected chi connectivity index (χ1v) is 9.42. The molecule has 1 N–H and O–H groups in total. The molecule has 0 saturated carbocycles. The summed E-state index contributed by atoms with van der Waals surface area (Å²) in [6, 6.07) is 16.9. The predicted molar refractivity (Wildman–Crippen MR) is 108 cm³/mol. The number of carbonyl (C=O) groups is 2. The average molecular weight is 415 g/mol. The van der Waals surface area contributed by atoms with Gasteiger partial charge < -0.3 is 9.47 Å². The zero-order valence-electron chi connectivity index (χ0n) is 14.5. The molecule has 0 spiro atoms. The smallest absolute Gasteiger partial charge is 0.353 e. The number of carbonyl (C=O) groups excluding carboxylic acids is 2. The molecule has 0 saturated heterocycles. The Morgan fingerprint density at radius 3 is 2.43 bits per heavy atom. The number of amides is 1. The highest BCUT2D eigenvalue weighted by Gasteiger charge is 2.09. The number of rotatable bonds is 7. The Morgan fingerprint density at radius 1 is 1.04 bits per heavy atom. The van der Waals surface area contributed by atoms with Gasteiger partial charge in [0.05, 0.1) is 6.21 Å². The van der Waals surface area contributed by atoms with Gasteiger partial charge in [-0.05, 0) is 65.5 Å². The molecule has 0 bridgehead atoms. The van der Waals surface area contributed by atoms with E-state index in [-0.39, 0.29) is 6.61 Å². The van der Waals surface area contributed by atoms with E-state index in [4.69, 9.17) is 21.1 Å². The number of benzene rings is 2. The zero-order chi connectivity index (χ0) is 19.8. The van der Waals surface area contributed by atoms with Gasteiger partial charge in [-0.2, -0.15) is 5.10 Å². The van der Waals surface area contributed by atoms with Crippen molar-refractivity contribution in [2.24, 2.45) is 5.10 Å². The van der Waals surface area contributed by atoms with Gasteiger partial charge in [0.2, 0.25) is 0 Å². The van der Waals surface area contributed by atoms with E-state index in [1.807, 2.05) is 5.38 Å². The molecular formula is C20H15ClN2O4S. The summed E-state index contributed by atoms with van der Waals surface area (Å²) in [5.41, 5.74) is 3.10. The largest absolute Gasteiger partial charge is 0.484 e. The maximum atomic E-state index is 11.9. The highest BCUT2D eigenvalue weighted by atomic mass is 35.5. The van der Waals surface area contributed by atoms with Crippen molar-refractivity contribution in [1.82, 2.24) is 5.43 Å². The number of nitrogens with zero attached hydrogens (tertiary/aromatic N) is 1. The molecule has 0 aliphatic rings. The number of hydrogen-bond donors (Lipinski definition) is 1. The molecule has 8 heteroatoms. The summed E-state index contributed by atoms with van der Waals surface area (Å²) in [6.45, 7) is -0.170. The predicted octanol–water partition coefficient (Wildman–Crippen LogP) is 4.15. The van der Waals surface area contributed by atoms with E-state index in [1.54, 1.807) is 60.7 Å². The molecule has 3 rings (SSSR count). The Bertz CT molecular complexity index is 955. The molecule has 0 aliphatic heterocycles. The Morgan fingerprint density at radius 2 is 1.75 bits per heavy atom. The lowest BCUT2D eigenvalue weighted by atomic mass is 10.2. The molecule has 6 nitrogen and oxygen atoms in total. The number of esters is 1. The van der Waals surface area contributed by atoms with Gasteiger partial charge in [0.15, 0.2) is 6.61 Å². The van der Waals surface area contributed by atoms with Crippen LogP contribution in [0.4, 0.5) is 0 Å². The molecule has 28 heavy (non-hydrogen) atoms. The van der Waals surface area contributed by atoms with Crippen LogP contribution in [0.25, 0.3) is 0 Å². The molecule has 0 radical (unpaired) electrons. The van der Waals surface area contributed by atoms with Crippen molar-refractivity contribution in [1.29, 1.82) is 0 Å². The summed E-state index contributed by atoms with van der Waals surface area (Å²) in [6.07, 6.45) is 1.48. The van der Waals surface area contributed by atoms with E-state index < -0.39 is 11.9 Å². The number of halogens is 1. The van der Waals surface area contributed by atoms with Crippen molar-refractivity contribution in [3.63, 3.8) is 0 Å². The molecular weight excluding hydrogens is 400 g/mol. The normalized spacial score (nSPS) is 10.6. The Kier molecular flexibility index (Phi) is 6.78. The van der Waals surface area contributed by atoms with Gasteiger partial charge in [-0.15, -0.1) is 11.3 Å². The van der Waals surface area contributed by atoms with Crippen LogP contribution < -0.4 is 14.9 Å². The fourth-order valence-corrected chi connectivity index (χ4v) is 2.79. The molecule has 0 atom stereocenters. The summed E-state index contributed by atoms with van der Waals surface area (Å²) in [5, 5.41) is 6.27. The maximum absolute atomic E-state index is 11.9. The lowest BCUT2D eigenvalue weighted by Crippen LogP contribution is -2.24. The third-order valence-corrected chi connectivity index (χ3v) is 4.50. The molecule has 142 valence electrons. The van der Waals surface area contributed by atoms with Crippen molar-refractivity contribution >= 4 is 41.0 Å². The summed E-state index contributed by atoms with van der Waals surface area (Å²) in [5.74, 6) is 0.171. The number of ether oxygens (including phenoxy) is 2. The molecule has 1 amide bonds. The number of nitrogens with one attached hydrogen (secondary N) is 1. The first kappa shape index (κ1) is 19.6. The van der Waals surface area contributed by atoms with E-state index in [0.29, 0.717) is 21.4 Å². The second kappa shape index (κ2) is 9.68. The number of thiophene rings is 1. The van der Waals surface area contributed by atoms with Crippen LogP contribution in [0.2, 0.25) is 5.02 Å². The van der Waals surface area contributed by atoms with Gasteiger partial charge in [0, 0.05) is 5.02 Å². The van der Waals surface area contributed by atoms with Crippen molar-refractivity contribution in [3.05, 3.63) is 81.5 Å². The maximum Gasteiger partial charge on any atom is 0.353 e. The van der Waals surface area contributed by atoms with E-state index >= 15 is 0 Å². The molecule has 0 unspecified atom stereocenters. The minimum Gasteiger partial charge on any atom is -0.484 e. The monoisotopic (exact) mass is 414 g/mol. The van der Waals surface area contributed by atoms with Gasteiger partial charge in [-0.25, -0.2) is 10.2 Å². The van der Waals surface area contributed by atoms with E-state index in [9.17, 15) is 9.59 Å².